The maximum Gasteiger partial charge on any atom is 0.0155 e. The average Bonchev–Trinajstić information content (AvgIpc) is 2.69. The van der Waals surface area contributed by atoms with Crippen LogP contribution >= 0.6 is 23.5 Å². The molecular formula is C17H16S2. The SMILES string of the molecule is CSc1ccc(C2=CCCc3ccccc3S2)cc1. The Labute approximate surface area is 123 Å². The molecule has 0 nitrogen and oxygen atoms in total. The van der Waals surface area contributed by atoms with E-state index in [2.05, 4.69) is 60.9 Å². The maximum atomic E-state index is 2.37. The van der Waals surface area contributed by atoms with Crippen LogP contribution in [0.5, 0.6) is 0 Å². The zero-order valence-corrected chi connectivity index (χ0v) is 12.6. The van der Waals surface area contributed by atoms with Crippen LogP contribution in [0.3, 0.4) is 0 Å². The molecular weight excluding hydrogens is 268 g/mol. The van der Waals surface area contributed by atoms with Crippen molar-refractivity contribution in [1.82, 2.24) is 0 Å². The number of benzene rings is 2. The van der Waals surface area contributed by atoms with Gasteiger partial charge in [0, 0.05) is 14.7 Å². The molecule has 2 heteroatoms. The molecule has 0 radical (unpaired) electrons. The molecule has 2 aromatic rings. The molecule has 0 saturated heterocycles. The summed E-state index contributed by atoms with van der Waals surface area (Å²) in [5.41, 5.74) is 2.80. The van der Waals surface area contributed by atoms with Crippen LogP contribution in [0, 0.1) is 0 Å². The van der Waals surface area contributed by atoms with Gasteiger partial charge >= 0.3 is 0 Å². The molecule has 96 valence electrons. The number of rotatable bonds is 2. The molecule has 0 amide bonds. The Balaban J connectivity index is 1.90. The highest BCUT2D eigenvalue weighted by atomic mass is 32.2. The van der Waals surface area contributed by atoms with Crippen LogP contribution < -0.4 is 0 Å². The van der Waals surface area contributed by atoms with Crippen LogP contribution in [0.4, 0.5) is 0 Å². The van der Waals surface area contributed by atoms with E-state index in [1.165, 1.54) is 25.8 Å². The minimum Gasteiger partial charge on any atom is -0.130 e. The molecule has 0 atom stereocenters. The van der Waals surface area contributed by atoms with E-state index in [0.717, 1.165) is 12.8 Å². The van der Waals surface area contributed by atoms with Crippen LogP contribution in [0.1, 0.15) is 17.5 Å². The first-order valence-electron chi connectivity index (χ1n) is 6.47. The molecule has 19 heavy (non-hydrogen) atoms. The van der Waals surface area contributed by atoms with Crippen molar-refractivity contribution in [1.29, 1.82) is 0 Å². The smallest absolute Gasteiger partial charge is 0.0155 e. The van der Waals surface area contributed by atoms with Gasteiger partial charge in [-0.05, 0) is 48.4 Å². The monoisotopic (exact) mass is 284 g/mol. The first-order chi connectivity index (χ1) is 9.36. The van der Waals surface area contributed by atoms with Gasteiger partial charge < -0.3 is 0 Å². The lowest BCUT2D eigenvalue weighted by molar-refractivity contribution is 0.979. The second-order valence-electron chi connectivity index (χ2n) is 4.55. The average molecular weight is 284 g/mol. The van der Waals surface area contributed by atoms with Gasteiger partial charge in [-0.15, -0.1) is 11.8 Å². The van der Waals surface area contributed by atoms with E-state index in [4.69, 9.17) is 0 Å². The highest BCUT2D eigenvalue weighted by molar-refractivity contribution is 8.08. The lowest BCUT2D eigenvalue weighted by Crippen LogP contribution is -1.83. The summed E-state index contributed by atoms with van der Waals surface area (Å²) in [5, 5.41) is 0. The fraction of sp³-hybridized carbons (Fsp3) is 0.176. The Bertz CT molecular complexity index is 597. The zero-order chi connectivity index (χ0) is 13.1. The summed E-state index contributed by atoms with van der Waals surface area (Å²) in [5.74, 6) is 0. The topological polar surface area (TPSA) is 0 Å². The van der Waals surface area contributed by atoms with E-state index in [0.29, 0.717) is 0 Å². The molecule has 3 rings (SSSR count). The lowest BCUT2D eigenvalue weighted by atomic mass is 10.1. The number of hydrogen-bond donors (Lipinski definition) is 0. The molecule has 1 aliphatic rings. The second-order valence-corrected chi connectivity index (χ2v) is 6.51. The van der Waals surface area contributed by atoms with Crippen molar-refractivity contribution in [2.45, 2.75) is 22.6 Å². The van der Waals surface area contributed by atoms with Gasteiger partial charge in [0.05, 0.1) is 0 Å². The van der Waals surface area contributed by atoms with Crippen molar-refractivity contribution in [2.24, 2.45) is 0 Å². The molecule has 0 N–H and O–H groups in total. The van der Waals surface area contributed by atoms with E-state index >= 15 is 0 Å². The van der Waals surface area contributed by atoms with Crippen molar-refractivity contribution in [3.05, 3.63) is 65.7 Å². The molecule has 0 fully saturated rings. The third-order valence-corrected chi connectivity index (χ3v) is 5.29. The molecule has 0 unspecified atom stereocenters. The van der Waals surface area contributed by atoms with Crippen molar-refractivity contribution < 1.29 is 0 Å². The summed E-state index contributed by atoms with van der Waals surface area (Å²) < 4.78 is 0. The van der Waals surface area contributed by atoms with Gasteiger partial charge in [-0.25, -0.2) is 0 Å². The zero-order valence-electron chi connectivity index (χ0n) is 10.9. The van der Waals surface area contributed by atoms with Crippen LogP contribution in [-0.4, -0.2) is 6.26 Å². The number of hydrogen-bond acceptors (Lipinski definition) is 2. The standard InChI is InChI=1S/C17H16S2/c1-18-15-11-9-14(10-12-15)17-8-4-6-13-5-2-3-7-16(13)19-17/h2-3,5,7-12H,4,6H2,1H3. The number of allylic oxidation sites excluding steroid dienone is 1. The summed E-state index contributed by atoms with van der Waals surface area (Å²) in [7, 11) is 0. The normalized spacial score (nSPS) is 14.5. The van der Waals surface area contributed by atoms with Crippen molar-refractivity contribution in [3.63, 3.8) is 0 Å². The van der Waals surface area contributed by atoms with E-state index < -0.39 is 0 Å². The number of thioether (sulfide) groups is 2. The summed E-state index contributed by atoms with van der Waals surface area (Å²) >= 11 is 3.69. The Morgan fingerprint density at radius 3 is 2.58 bits per heavy atom. The second kappa shape index (κ2) is 5.89. The van der Waals surface area contributed by atoms with Crippen LogP contribution in [0.2, 0.25) is 0 Å². The van der Waals surface area contributed by atoms with Gasteiger partial charge in [0.25, 0.3) is 0 Å². The van der Waals surface area contributed by atoms with Crippen LogP contribution in [-0.2, 0) is 6.42 Å². The summed E-state index contributed by atoms with van der Waals surface area (Å²) in [6.45, 7) is 0. The van der Waals surface area contributed by atoms with E-state index in [9.17, 15) is 0 Å². The van der Waals surface area contributed by atoms with Crippen LogP contribution in [0.15, 0.2) is 64.4 Å². The Morgan fingerprint density at radius 1 is 1.00 bits per heavy atom. The van der Waals surface area contributed by atoms with Gasteiger partial charge in [-0.3, -0.25) is 0 Å². The summed E-state index contributed by atoms with van der Waals surface area (Å²) in [4.78, 5) is 4.11. The third kappa shape index (κ3) is 2.90. The van der Waals surface area contributed by atoms with Gasteiger partial charge in [0.2, 0.25) is 0 Å². The molecule has 0 saturated carbocycles. The fourth-order valence-electron chi connectivity index (χ4n) is 2.26. The Morgan fingerprint density at radius 2 is 1.79 bits per heavy atom. The number of fused-ring (bicyclic) bond motifs is 1. The van der Waals surface area contributed by atoms with Crippen molar-refractivity contribution >= 4 is 28.4 Å². The molecule has 0 bridgehead atoms. The Kier molecular flexibility index (Phi) is 4.00. The largest absolute Gasteiger partial charge is 0.130 e. The summed E-state index contributed by atoms with van der Waals surface area (Å²) in [6, 6.07) is 17.6. The lowest BCUT2D eigenvalue weighted by Gasteiger charge is -2.08. The number of aryl methyl sites for hydroxylation is 1. The predicted octanol–water partition coefficient (Wildman–Crippen LogP) is 5.49. The molecule has 2 aromatic carbocycles. The van der Waals surface area contributed by atoms with Gasteiger partial charge in [0.15, 0.2) is 0 Å². The predicted molar refractivity (Wildman–Crippen MR) is 86.8 cm³/mol. The fourth-order valence-corrected chi connectivity index (χ4v) is 3.81. The van der Waals surface area contributed by atoms with E-state index in [1.54, 1.807) is 11.8 Å². The van der Waals surface area contributed by atoms with E-state index in [-0.39, 0.29) is 0 Å². The first-order valence-corrected chi connectivity index (χ1v) is 8.51. The summed E-state index contributed by atoms with van der Waals surface area (Å²) in [6.07, 6.45) is 6.77. The van der Waals surface area contributed by atoms with Crippen LogP contribution in [0.25, 0.3) is 4.91 Å². The highest BCUT2D eigenvalue weighted by Crippen LogP contribution is 2.39. The van der Waals surface area contributed by atoms with Gasteiger partial charge in [-0.2, -0.15) is 0 Å². The maximum absolute atomic E-state index is 2.37. The first kappa shape index (κ1) is 12.9. The van der Waals surface area contributed by atoms with Gasteiger partial charge in [0.1, 0.15) is 0 Å². The van der Waals surface area contributed by atoms with E-state index in [1.807, 2.05) is 11.8 Å². The molecule has 0 aliphatic carbocycles. The Hall–Kier alpha value is -1.12. The third-order valence-electron chi connectivity index (χ3n) is 3.31. The van der Waals surface area contributed by atoms with Gasteiger partial charge in [-0.1, -0.05) is 48.2 Å². The molecule has 1 heterocycles. The molecule has 0 aromatic heterocycles. The molecule has 0 spiro atoms. The minimum atomic E-state index is 1.13. The quantitative estimate of drug-likeness (QED) is 0.669. The van der Waals surface area contributed by atoms with Crippen molar-refractivity contribution in [3.8, 4) is 0 Å². The highest BCUT2D eigenvalue weighted by Gasteiger charge is 2.11. The van der Waals surface area contributed by atoms with Crippen molar-refractivity contribution in [2.75, 3.05) is 6.26 Å². The molecule has 1 aliphatic heterocycles. The minimum absolute atomic E-state index is 1.13.